The Labute approximate surface area is 192 Å². The Morgan fingerprint density at radius 1 is 1.17 bits per heavy atom. The van der Waals surface area contributed by atoms with Gasteiger partial charge in [-0.15, -0.1) is 0 Å². The first-order valence-corrected chi connectivity index (χ1v) is 12.3. The van der Waals surface area contributed by atoms with Crippen molar-refractivity contribution in [3.63, 3.8) is 0 Å². The molecule has 3 heteroatoms. The molecule has 3 N–H and O–H groups in total. The molecule has 0 saturated heterocycles. The summed E-state index contributed by atoms with van der Waals surface area (Å²) in [5, 5.41) is 31.4. The standard InChI is InChI=1S/C27H46O3/c1-17(16-28)6-5-7-18(2)21-8-9-22-25-23(11-13-27(21,22)4)26(3)12-10-20(29)14-19(26)15-24(25)30/h15,17-18,20-25,28-30H,5-14,16H2,1-4H3/t17?,18-,20+,21-,22+,23+,24-,25+,26+,27-/m1/s1/i1D3,16D2,17D. The normalized spacial score (nSPS) is 52.5. The van der Waals surface area contributed by atoms with Crippen LogP contribution >= 0.6 is 0 Å². The van der Waals surface area contributed by atoms with E-state index in [0.29, 0.717) is 37.0 Å². The number of aliphatic hydroxyl groups excluding tert-OH is 2. The summed E-state index contributed by atoms with van der Waals surface area (Å²) in [4.78, 5) is 0. The van der Waals surface area contributed by atoms with Crippen molar-refractivity contribution in [3.05, 3.63) is 11.6 Å². The molecule has 30 heavy (non-hydrogen) atoms. The van der Waals surface area contributed by atoms with Gasteiger partial charge in [0.25, 0.3) is 0 Å². The molecule has 172 valence electrons. The Bertz CT molecular complexity index is 839. The second-order valence-electron chi connectivity index (χ2n) is 11.5. The summed E-state index contributed by atoms with van der Waals surface area (Å²) in [5.41, 5.74) is 1.40. The van der Waals surface area contributed by atoms with Crippen molar-refractivity contribution in [2.45, 2.75) is 104 Å². The third-order valence-corrected chi connectivity index (χ3v) is 10.1. The molecule has 4 aliphatic carbocycles. The molecule has 3 saturated carbocycles. The van der Waals surface area contributed by atoms with Gasteiger partial charge in [0.1, 0.15) is 0 Å². The lowest BCUT2D eigenvalue weighted by atomic mass is 9.46. The van der Waals surface area contributed by atoms with Crippen molar-refractivity contribution in [1.82, 2.24) is 0 Å². The number of hydrogen-bond donors (Lipinski definition) is 3. The molecule has 10 atom stereocenters. The molecule has 0 bridgehead atoms. The number of hydrogen-bond acceptors (Lipinski definition) is 3. The Morgan fingerprint density at radius 3 is 2.70 bits per heavy atom. The zero-order chi connectivity index (χ0) is 26.9. The quantitative estimate of drug-likeness (QED) is 0.505. The van der Waals surface area contributed by atoms with Crippen molar-refractivity contribution in [2.24, 2.45) is 46.3 Å². The minimum atomic E-state index is -3.10. The zero-order valence-corrected chi connectivity index (χ0v) is 19.0. The van der Waals surface area contributed by atoms with Gasteiger partial charge in [0.2, 0.25) is 0 Å². The van der Waals surface area contributed by atoms with E-state index < -0.39 is 25.4 Å². The molecule has 4 aliphatic rings. The summed E-state index contributed by atoms with van der Waals surface area (Å²) in [6.07, 6.45) is 8.94. The summed E-state index contributed by atoms with van der Waals surface area (Å²) in [5.74, 6) is -0.747. The van der Waals surface area contributed by atoms with Gasteiger partial charge in [-0.1, -0.05) is 52.1 Å². The first-order chi connectivity index (χ1) is 16.5. The van der Waals surface area contributed by atoms with Gasteiger partial charge >= 0.3 is 0 Å². The minimum absolute atomic E-state index is 0.0597. The van der Waals surface area contributed by atoms with Crippen LogP contribution in [-0.2, 0) is 0 Å². The smallest absolute Gasteiger partial charge is 0.0757 e. The molecule has 0 heterocycles. The summed E-state index contributed by atoms with van der Waals surface area (Å²) in [6, 6.07) is 0. The fraction of sp³-hybridized carbons (Fsp3) is 0.926. The maximum atomic E-state index is 11.3. The van der Waals surface area contributed by atoms with Crippen LogP contribution in [0.15, 0.2) is 11.6 Å². The third-order valence-electron chi connectivity index (χ3n) is 10.1. The van der Waals surface area contributed by atoms with Crippen LogP contribution in [0.5, 0.6) is 0 Å². The molecule has 0 aromatic rings. The predicted molar refractivity (Wildman–Crippen MR) is 122 cm³/mol. The van der Waals surface area contributed by atoms with Crippen LogP contribution in [0.25, 0.3) is 0 Å². The van der Waals surface area contributed by atoms with Gasteiger partial charge < -0.3 is 15.3 Å². The minimum Gasteiger partial charge on any atom is -0.396 e. The third kappa shape index (κ3) is 3.71. The summed E-state index contributed by atoms with van der Waals surface area (Å²) in [7, 11) is 0. The Balaban J connectivity index is 1.47. The monoisotopic (exact) mass is 424 g/mol. The molecule has 3 nitrogen and oxygen atoms in total. The van der Waals surface area contributed by atoms with E-state index >= 15 is 0 Å². The van der Waals surface area contributed by atoms with E-state index in [1.807, 2.05) is 0 Å². The molecule has 0 radical (unpaired) electrons. The highest BCUT2D eigenvalue weighted by atomic mass is 16.3. The highest BCUT2D eigenvalue weighted by molar-refractivity contribution is 5.27. The fourth-order valence-electron chi connectivity index (χ4n) is 8.46. The van der Waals surface area contributed by atoms with Gasteiger partial charge in [0, 0.05) is 12.0 Å². The van der Waals surface area contributed by atoms with Gasteiger partial charge in [-0.25, -0.2) is 0 Å². The van der Waals surface area contributed by atoms with Crippen molar-refractivity contribution in [3.8, 4) is 0 Å². The molecular weight excluding hydrogens is 372 g/mol. The molecule has 3 fully saturated rings. The molecule has 0 aromatic carbocycles. The lowest BCUT2D eigenvalue weighted by molar-refractivity contribution is -0.0971. The van der Waals surface area contributed by atoms with Crippen molar-refractivity contribution >= 4 is 0 Å². The topological polar surface area (TPSA) is 60.7 Å². The van der Waals surface area contributed by atoms with Gasteiger partial charge in [0.15, 0.2) is 0 Å². The van der Waals surface area contributed by atoms with E-state index in [-0.39, 0.29) is 35.2 Å². The van der Waals surface area contributed by atoms with Crippen LogP contribution in [0.4, 0.5) is 0 Å². The van der Waals surface area contributed by atoms with E-state index in [0.717, 1.165) is 38.5 Å². The lowest BCUT2D eigenvalue weighted by Gasteiger charge is -2.59. The SMILES string of the molecule is [2H]C([2H])([2H])C([2H])(CCC[C@@H](C)[C@H]1CC[C@H]2[C@@H]3[C@H](O)C=C4C[C@@H](O)CC[C@]4(C)[C@H]3CC[C@]12C)C([2H])([2H])O. The summed E-state index contributed by atoms with van der Waals surface area (Å²) < 4.78 is 46.3. The van der Waals surface area contributed by atoms with Crippen LogP contribution in [0.2, 0.25) is 0 Å². The van der Waals surface area contributed by atoms with Gasteiger partial charge in [-0.2, -0.15) is 0 Å². The number of rotatable bonds is 6. The van der Waals surface area contributed by atoms with Crippen molar-refractivity contribution in [1.29, 1.82) is 0 Å². The second kappa shape index (κ2) is 8.52. The van der Waals surface area contributed by atoms with E-state index in [1.165, 1.54) is 5.57 Å². The van der Waals surface area contributed by atoms with E-state index in [2.05, 4.69) is 26.8 Å². The average molecular weight is 425 g/mol. The largest absolute Gasteiger partial charge is 0.396 e. The van der Waals surface area contributed by atoms with Crippen LogP contribution in [-0.4, -0.2) is 34.1 Å². The Morgan fingerprint density at radius 2 is 1.97 bits per heavy atom. The maximum absolute atomic E-state index is 11.3. The molecular formula is C27H46O3. The lowest BCUT2D eigenvalue weighted by Crippen LogP contribution is -2.54. The average Bonchev–Trinajstić information content (AvgIpc) is 3.10. The van der Waals surface area contributed by atoms with Crippen LogP contribution in [0, 0.1) is 46.3 Å². The maximum Gasteiger partial charge on any atom is 0.0757 e. The molecule has 1 unspecified atom stereocenters. The van der Waals surface area contributed by atoms with Crippen molar-refractivity contribution in [2.75, 3.05) is 6.56 Å². The molecule has 0 spiro atoms. The zero-order valence-electron chi connectivity index (χ0n) is 25.0. The van der Waals surface area contributed by atoms with E-state index in [1.54, 1.807) is 0 Å². The molecule has 0 amide bonds. The predicted octanol–water partition coefficient (Wildman–Crippen LogP) is 5.33. The first-order valence-electron chi connectivity index (χ1n) is 15.3. The van der Waals surface area contributed by atoms with E-state index in [4.69, 9.17) is 8.22 Å². The molecule has 4 rings (SSSR count). The van der Waals surface area contributed by atoms with Crippen LogP contribution in [0.1, 0.15) is 100 Å². The van der Waals surface area contributed by atoms with Gasteiger partial charge in [-0.05, 0) is 97.7 Å². The Kier molecular flexibility index (Phi) is 4.62. The fourth-order valence-corrected chi connectivity index (χ4v) is 8.46. The van der Waals surface area contributed by atoms with Gasteiger partial charge in [0.05, 0.1) is 14.9 Å². The Hall–Kier alpha value is -0.380. The van der Waals surface area contributed by atoms with Gasteiger partial charge in [-0.3, -0.25) is 0 Å². The summed E-state index contributed by atoms with van der Waals surface area (Å²) >= 11 is 0. The highest BCUT2D eigenvalue weighted by Gasteiger charge is 2.61. The first kappa shape index (κ1) is 16.3. The number of aliphatic hydroxyl groups is 3. The second-order valence-corrected chi connectivity index (χ2v) is 11.5. The van der Waals surface area contributed by atoms with E-state index in [9.17, 15) is 15.3 Å². The van der Waals surface area contributed by atoms with Crippen molar-refractivity contribution < 1.29 is 23.5 Å². The number of fused-ring (bicyclic) bond motifs is 5. The highest BCUT2D eigenvalue weighted by Crippen LogP contribution is 2.67. The molecule has 0 aliphatic heterocycles. The van der Waals surface area contributed by atoms with Crippen LogP contribution in [0.3, 0.4) is 0 Å². The van der Waals surface area contributed by atoms with Crippen LogP contribution < -0.4 is 0 Å². The summed E-state index contributed by atoms with van der Waals surface area (Å²) in [6.45, 7) is 0.914. The molecule has 0 aromatic heterocycles.